The number of para-hydroxylation sites is 1. The molecule has 31 heavy (non-hydrogen) atoms. The van der Waals surface area contributed by atoms with Gasteiger partial charge in [0.2, 0.25) is 10.0 Å². The normalized spacial score (nSPS) is 22.5. The van der Waals surface area contributed by atoms with Crippen molar-refractivity contribution in [2.45, 2.75) is 36.2 Å². The highest BCUT2D eigenvalue weighted by Crippen LogP contribution is 2.52. The smallest absolute Gasteiger partial charge is 0.244 e. The van der Waals surface area contributed by atoms with Gasteiger partial charge in [-0.05, 0) is 37.1 Å². The Morgan fingerprint density at radius 2 is 1.68 bits per heavy atom. The molecule has 1 fully saturated rings. The summed E-state index contributed by atoms with van der Waals surface area (Å²) < 4.78 is 28.6. The molecule has 0 saturated carbocycles. The Labute approximate surface area is 182 Å². The van der Waals surface area contributed by atoms with Crippen LogP contribution in [0.4, 0.5) is 5.69 Å². The summed E-state index contributed by atoms with van der Waals surface area (Å²) in [5, 5.41) is 3.43. The maximum absolute atomic E-state index is 13.5. The summed E-state index contributed by atoms with van der Waals surface area (Å²) >= 11 is 0. The van der Waals surface area contributed by atoms with Crippen molar-refractivity contribution in [3.8, 4) is 0 Å². The first-order chi connectivity index (χ1) is 14.9. The molecule has 2 atom stereocenters. The van der Waals surface area contributed by atoms with Crippen molar-refractivity contribution in [1.29, 1.82) is 0 Å². The number of aryl methyl sites for hydroxylation is 1. The predicted molar refractivity (Wildman–Crippen MR) is 121 cm³/mol. The molecule has 0 spiro atoms. The van der Waals surface area contributed by atoms with Gasteiger partial charge in [0.1, 0.15) is 6.17 Å². The van der Waals surface area contributed by atoms with Gasteiger partial charge in [0.05, 0.1) is 4.90 Å². The van der Waals surface area contributed by atoms with Gasteiger partial charge in [-0.3, -0.25) is 4.79 Å². The molecule has 3 aromatic carbocycles. The van der Waals surface area contributed by atoms with Crippen LogP contribution in [-0.2, 0) is 15.4 Å². The van der Waals surface area contributed by atoms with Gasteiger partial charge in [-0.25, -0.2) is 8.42 Å². The van der Waals surface area contributed by atoms with E-state index >= 15 is 0 Å². The Bertz CT molecular complexity index is 1240. The van der Waals surface area contributed by atoms with Crippen LogP contribution in [0.3, 0.4) is 0 Å². The largest absolute Gasteiger partial charge is 0.368 e. The van der Waals surface area contributed by atoms with E-state index in [-0.39, 0.29) is 17.1 Å². The molecule has 5 nitrogen and oxygen atoms in total. The third-order valence-electron chi connectivity index (χ3n) is 6.54. The van der Waals surface area contributed by atoms with Crippen molar-refractivity contribution in [2.75, 3.05) is 11.9 Å². The molecule has 5 rings (SSSR count). The fourth-order valence-electron chi connectivity index (χ4n) is 4.93. The van der Waals surface area contributed by atoms with Crippen LogP contribution in [0.15, 0.2) is 83.8 Å². The first kappa shape index (κ1) is 20.0. The highest BCUT2D eigenvalue weighted by atomic mass is 32.2. The number of ketones is 1. The van der Waals surface area contributed by atoms with E-state index in [1.165, 1.54) is 4.31 Å². The maximum atomic E-state index is 13.5. The molecular weight excluding hydrogens is 408 g/mol. The number of nitrogens with one attached hydrogen (secondary N) is 1. The maximum Gasteiger partial charge on any atom is 0.244 e. The SMILES string of the molecule is Cc1ccc(S(=O)(=O)N2CC[C@@]3(CC(=O)c4ccccc4)c4ccccc4N[C@@H]23)cc1. The summed E-state index contributed by atoms with van der Waals surface area (Å²) in [7, 11) is -3.71. The van der Waals surface area contributed by atoms with Crippen molar-refractivity contribution in [1.82, 2.24) is 4.31 Å². The quantitative estimate of drug-likeness (QED) is 0.609. The van der Waals surface area contributed by atoms with E-state index in [9.17, 15) is 13.2 Å². The van der Waals surface area contributed by atoms with E-state index in [1.54, 1.807) is 12.1 Å². The number of benzene rings is 3. The highest BCUT2D eigenvalue weighted by molar-refractivity contribution is 7.89. The number of Topliss-reactive ketones (excluding diaryl/α,β-unsaturated/α-hetero) is 1. The summed E-state index contributed by atoms with van der Waals surface area (Å²) in [6.07, 6.45) is 0.348. The number of hydrogen-bond donors (Lipinski definition) is 1. The summed E-state index contributed by atoms with van der Waals surface area (Å²) in [6, 6.07) is 24.0. The number of carbonyl (C=O) groups excluding carboxylic acids is 1. The van der Waals surface area contributed by atoms with Gasteiger partial charge in [-0.2, -0.15) is 4.31 Å². The van der Waals surface area contributed by atoms with Crippen LogP contribution in [0.2, 0.25) is 0 Å². The third-order valence-corrected chi connectivity index (χ3v) is 8.42. The Kier molecular flexibility index (Phi) is 4.72. The minimum absolute atomic E-state index is 0.0266. The first-order valence-corrected chi connectivity index (χ1v) is 11.9. The number of fused-ring (bicyclic) bond motifs is 3. The Balaban J connectivity index is 1.55. The second-order valence-corrected chi connectivity index (χ2v) is 10.3. The molecule has 6 heteroatoms. The molecule has 0 amide bonds. The Hall–Kier alpha value is -2.96. The lowest BCUT2D eigenvalue weighted by Crippen LogP contribution is -2.46. The van der Waals surface area contributed by atoms with Crippen molar-refractivity contribution in [2.24, 2.45) is 0 Å². The third kappa shape index (κ3) is 3.18. The van der Waals surface area contributed by atoms with Crippen LogP contribution in [0, 0.1) is 6.92 Å². The standard InChI is InChI=1S/C25H24N2O3S/c1-18-11-13-20(14-12-18)31(29,30)27-16-15-25(17-23(28)19-7-3-2-4-8-19)21-9-5-6-10-22(21)26-24(25)27/h2-14,24,26H,15-17H2,1H3/t24-,25+/m0/s1. The number of sulfonamides is 1. The Morgan fingerprint density at radius 1 is 1.00 bits per heavy atom. The molecule has 0 radical (unpaired) electrons. The average Bonchev–Trinajstić information content (AvgIpc) is 3.28. The van der Waals surface area contributed by atoms with Crippen LogP contribution in [0.25, 0.3) is 0 Å². The minimum Gasteiger partial charge on any atom is -0.368 e. The van der Waals surface area contributed by atoms with Gasteiger partial charge >= 0.3 is 0 Å². The fourth-order valence-corrected chi connectivity index (χ4v) is 6.55. The molecule has 2 aliphatic heterocycles. The topological polar surface area (TPSA) is 66.5 Å². The van der Waals surface area contributed by atoms with E-state index in [1.807, 2.05) is 73.7 Å². The first-order valence-electron chi connectivity index (χ1n) is 10.4. The minimum atomic E-state index is -3.71. The monoisotopic (exact) mass is 432 g/mol. The van der Waals surface area contributed by atoms with Crippen LogP contribution >= 0.6 is 0 Å². The average molecular weight is 433 g/mol. The van der Waals surface area contributed by atoms with Crippen molar-refractivity contribution in [3.05, 3.63) is 95.6 Å². The zero-order chi connectivity index (χ0) is 21.6. The van der Waals surface area contributed by atoms with Crippen LogP contribution < -0.4 is 5.32 Å². The molecule has 0 bridgehead atoms. The van der Waals surface area contributed by atoms with Crippen LogP contribution in [0.5, 0.6) is 0 Å². The molecule has 0 aromatic heterocycles. The predicted octanol–water partition coefficient (Wildman–Crippen LogP) is 4.35. The number of rotatable bonds is 5. The summed E-state index contributed by atoms with van der Waals surface area (Å²) in [6.45, 7) is 2.30. The van der Waals surface area contributed by atoms with Gasteiger partial charge in [0, 0.05) is 29.6 Å². The van der Waals surface area contributed by atoms with Crippen molar-refractivity contribution < 1.29 is 13.2 Å². The zero-order valence-electron chi connectivity index (χ0n) is 17.3. The van der Waals surface area contributed by atoms with Crippen LogP contribution in [-0.4, -0.2) is 31.2 Å². The molecular formula is C25H24N2O3S. The van der Waals surface area contributed by atoms with Gasteiger partial charge in [-0.15, -0.1) is 0 Å². The lowest BCUT2D eigenvalue weighted by Gasteiger charge is -2.32. The van der Waals surface area contributed by atoms with E-state index in [4.69, 9.17) is 0 Å². The Morgan fingerprint density at radius 3 is 2.42 bits per heavy atom. The second kappa shape index (κ2) is 7.32. The summed E-state index contributed by atoms with van der Waals surface area (Å²) in [5.41, 5.74) is 2.99. The molecule has 0 unspecified atom stereocenters. The van der Waals surface area contributed by atoms with E-state index in [2.05, 4.69) is 5.32 Å². The van der Waals surface area contributed by atoms with Crippen molar-refractivity contribution in [3.63, 3.8) is 0 Å². The van der Waals surface area contributed by atoms with E-state index in [0.29, 0.717) is 18.5 Å². The molecule has 3 aromatic rings. The van der Waals surface area contributed by atoms with E-state index in [0.717, 1.165) is 16.8 Å². The lowest BCUT2D eigenvalue weighted by atomic mass is 9.74. The van der Waals surface area contributed by atoms with Crippen molar-refractivity contribution >= 4 is 21.5 Å². The number of hydrogen-bond acceptors (Lipinski definition) is 4. The molecule has 1 saturated heterocycles. The molecule has 0 aliphatic carbocycles. The van der Waals surface area contributed by atoms with Crippen LogP contribution in [0.1, 0.15) is 34.3 Å². The molecule has 2 aliphatic rings. The van der Waals surface area contributed by atoms with Gasteiger partial charge < -0.3 is 5.32 Å². The number of nitrogens with zero attached hydrogens (tertiary/aromatic N) is 1. The summed E-state index contributed by atoms with van der Waals surface area (Å²) in [5.74, 6) is 0.0266. The second-order valence-electron chi connectivity index (χ2n) is 8.39. The zero-order valence-corrected chi connectivity index (χ0v) is 18.1. The number of carbonyl (C=O) groups is 1. The van der Waals surface area contributed by atoms with Gasteiger partial charge in [-0.1, -0.05) is 66.2 Å². The molecule has 1 N–H and O–H groups in total. The van der Waals surface area contributed by atoms with E-state index < -0.39 is 21.6 Å². The summed E-state index contributed by atoms with van der Waals surface area (Å²) in [4.78, 5) is 13.5. The lowest BCUT2D eigenvalue weighted by molar-refractivity contribution is 0.0944. The number of anilines is 1. The molecule has 2 heterocycles. The molecule has 158 valence electrons. The van der Waals surface area contributed by atoms with Gasteiger partial charge in [0.25, 0.3) is 0 Å². The van der Waals surface area contributed by atoms with Gasteiger partial charge in [0.15, 0.2) is 5.78 Å². The highest BCUT2D eigenvalue weighted by Gasteiger charge is 2.57. The fraction of sp³-hybridized carbons (Fsp3) is 0.240.